The molecule has 2 aliphatic rings. The first-order valence-electron chi connectivity index (χ1n) is 6.64. The van der Waals surface area contributed by atoms with Crippen LogP contribution in [0.25, 0.3) is 0 Å². The second kappa shape index (κ2) is 4.96. The Labute approximate surface area is 117 Å². The molecule has 2 saturated heterocycles. The monoisotopic (exact) mass is 284 g/mol. The van der Waals surface area contributed by atoms with Crippen molar-refractivity contribution >= 4 is 18.0 Å². The summed E-state index contributed by atoms with van der Waals surface area (Å²) in [4.78, 5) is 37.4. The Morgan fingerprint density at radius 1 is 1.30 bits per heavy atom. The van der Waals surface area contributed by atoms with E-state index in [1.807, 2.05) is 0 Å². The average Bonchev–Trinajstić information content (AvgIpc) is 2.70. The van der Waals surface area contributed by atoms with E-state index in [0.29, 0.717) is 12.8 Å². The number of carbonyl (C=O) groups excluding carboxylic acids is 3. The number of fused-ring (bicyclic) bond motifs is 2. The number of amides is 2. The smallest absolute Gasteiger partial charge is 0.411 e. The van der Waals surface area contributed by atoms with Crippen molar-refractivity contribution in [2.24, 2.45) is 0 Å². The Bertz CT molecular complexity index is 443. The number of methoxy groups -OCH3 is 1. The Morgan fingerprint density at radius 3 is 2.50 bits per heavy atom. The number of esters is 1. The van der Waals surface area contributed by atoms with E-state index in [9.17, 15) is 14.4 Å². The molecule has 0 aromatic carbocycles. The summed E-state index contributed by atoms with van der Waals surface area (Å²) in [6.45, 7) is 5.28. The van der Waals surface area contributed by atoms with Gasteiger partial charge >= 0.3 is 12.1 Å². The molecule has 2 aliphatic heterocycles. The van der Waals surface area contributed by atoms with Crippen molar-refractivity contribution in [3.05, 3.63) is 0 Å². The first-order chi connectivity index (χ1) is 9.24. The van der Waals surface area contributed by atoms with Crippen molar-refractivity contribution in [3.8, 4) is 0 Å². The molecule has 2 heterocycles. The van der Waals surface area contributed by atoms with Gasteiger partial charge in [-0.3, -0.25) is 9.69 Å². The Balaban J connectivity index is 2.22. The minimum atomic E-state index is -0.821. The number of piperazine rings is 1. The van der Waals surface area contributed by atoms with Crippen molar-refractivity contribution in [1.29, 1.82) is 0 Å². The third-order valence-corrected chi connectivity index (χ3v) is 3.47. The number of hydrogen-bond donors (Lipinski definition) is 1. The topological polar surface area (TPSA) is 84.9 Å². The zero-order valence-corrected chi connectivity index (χ0v) is 12.1. The van der Waals surface area contributed by atoms with E-state index in [1.54, 1.807) is 20.8 Å². The number of rotatable bonds is 1. The van der Waals surface area contributed by atoms with Crippen molar-refractivity contribution in [1.82, 2.24) is 10.2 Å². The maximum absolute atomic E-state index is 12.2. The molecule has 7 nitrogen and oxygen atoms in total. The highest BCUT2D eigenvalue weighted by molar-refractivity contribution is 5.93. The van der Waals surface area contributed by atoms with Crippen LogP contribution in [0.5, 0.6) is 0 Å². The lowest BCUT2D eigenvalue weighted by molar-refractivity contribution is -0.150. The molecule has 2 unspecified atom stereocenters. The van der Waals surface area contributed by atoms with E-state index in [0.717, 1.165) is 0 Å². The van der Waals surface area contributed by atoms with Gasteiger partial charge in [0, 0.05) is 0 Å². The predicted octanol–water partition coefficient (Wildman–Crippen LogP) is 0.426. The summed E-state index contributed by atoms with van der Waals surface area (Å²) >= 11 is 0. The van der Waals surface area contributed by atoms with Gasteiger partial charge in [-0.25, -0.2) is 9.59 Å². The Kier molecular flexibility index (Phi) is 3.62. The Hall–Kier alpha value is -1.79. The fourth-order valence-corrected chi connectivity index (χ4v) is 2.69. The van der Waals surface area contributed by atoms with E-state index < -0.39 is 35.8 Å². The zero-order chi connectivity index (χ0) is 15.1. The van der Waals surface area contributed by atoms with Crippen LogP contribution in [-0.2, 0) is 19.1 Å². The van der Waals surface area contributed by atoms with Crippen LogP contribution in [0, 0.1) is 0 Å². The third kappa shape index (κ3) is 2.57. The summed E-state index contributed by atoms with van der Waals surface area (Å²) < 4.78 is 10.0. The summed E-state index contributed by atoms with van der Waals surface area (Å²) in [6.07, 6.45) is 0.541. The van der Waals surface area contributed by atoms with Crippen molar-refractivity contribution in [2.75, 3.05) is 7.11 Å². The van der Waals surface area contributed by atoms with Crippen LogP contribution in [0.2, 0.25) is 0 Å². The van der Waals surface area contributed by atoms with Gasteiger partial charge in [0.1, 0.15) is 17.7 Å². The minimum Gasteiger partial charge on any atom is -0.467 e. The first kappa shape index (κ1) is 14.6. The van der Waals surface area contributed by atoms with Crippen LogP contribution in [0.15, 0.2) is 0 Å². The van der Waals surface area contributed by atoms with E-state index in [-0.39, 0.29) is 5.91 Å². The number of nitrogens with zero attached hydrogens (tertiary/aromatic N) is 1. The fourth-order valence-electron chi connectivity index (χ4n) is 2.69. The van der Waals surface area contributed by atoms with Gasteiger partial charge in [-0.05, 0) is 33.6 Å². The molecule has 112 valence electrons. The Morgan fingerprint density at radius 2 is 1.95 bits per heavy atom. The lowest BCUT2D eigenvalue weighted by Crippen LogP contribution is -2.65. The van der Waals surface area contributed by atoms with Crippen molar-refractivity contribution in [2.45, 2.75) is 57.3 Å². The fraction of sp³-hybridized carbons (Fsp3) is 0.769. The predicted molar refractivity (Wildman–Crippen MR) is 68.8 cm³/mol. The third-order valence-electron chi connectivity index (χ3n) is 3.47. The van der Waals surface area contributed by atoms with Gasteiger partial charge < -0.3 is 14.8 Å². The highest BCUT2D eigenvalue weighted by Gasteiger charge is 2.53. The molecule has 2 fully saturated rings. The molecular formula is C13H20N2O5. The minimum absolute atomic E-state index is 0.333. The van der Waals surface area contributed by atoms with Gasteiger partial charge in [-0.1, -0.05) is 0 Å². The molecule has 0 saturated carbocycles. The van der Waals surface area contributed by atoms with Crippen LogP contribution >= 0.6 is 0 Å². The summed E-state index contributed by atoms with van der Waals surface area (Å²) in [5.41, 5.74) is -0.648. The summed E-state index contributed by atoms with van der Waals surface area (Å²) in [6, 6.07) is -1.78. The SMILES string of the molecule is COC(=O)[C@@H]1NC(=O)C2CCC1N2C(=O)OC(C)(C)C. The molecule has 7 heteroatoms. The second-order valence-corrected chi connectivity index (χ2v) is 6.06. The van der Waals surface area contributed by atoms with Gasteiger partial charge in [0.2, 0.25) is 5.91 Å². The van der Waals surface area contributed by atoms with Crippen LogP contribution in [-0.4, -0.2) is 53.7 Å². The van der Waals surface area contributed by atoms with Gasteiger partial charge in [0.15, 0.2) is 0 Å². The number of hydrogen-bond acceptors (Lipinski definition) is 5. The average molecular weight is 284 g/mol. The zero-order valence-electron chi connectivity index (χ0n) is 12.1. The molecule has 0 radical (unpaired) electrons. The molecule has 2 amide bonds. The van der Waals surface area contributed by atoms with Crippen LogP contribution in [0.1, 0.15) is 33.6 Å². The molecule has 0 aromatic rings. The van der Waals surface area contributed by atoms with Crippen molar-refractivity contribution in [3.63, 3.8) is 0 Å². The summed E-state index contributed by atoms with van der Waals surface area (Å²) in [7, 11) is 1.26. The van der Waals surface area contributed by atoms with E-state index >= 15 is 0 Å². The highest BCUT2D eigenvalue weighted by atomic mass is 16.6. The molecule has 0 spiro atoms. The van der Waals surface area contributed by atoms with Gasteiger partial charge in [0.05, 0.1) is 13.2 Å². The number of carbonyl (C=O) groups is 3. The second-order valence-electron chi connectivity index (χ2n) is 6.06. The molecule has 3 atom stereocenters. The van der Waals surface area contributed by atoms with E-state index in [2.05, 4.69) is 10.1 Å². The molecule has 2 rings (SSSR count). The standard InChI is InChI=1S/C13H20N2O5/c1-13(2,3)20-12(18)15-7-5-6-8(15)10(16)14-9(7)11(17)19-4/h7-9H,5-6H2,1-4H3,(H,14,16)/t7?,8?,9-/m1/s1. The quantitative estimate of drug-likeness (QED) is 0.706. The molecular weight excluding hydrogens is 264 g/mol. The lowest BCUT2D eigenvalue weighted by atomic mass is 10.1. The number of ether oxygens (including phenoxy) is 2. The molecule has 1 N–H and O–H groups in total. The molecule has 20 heavy (non-hydrogen) atoms. The number of nitrogens with one attached hydrogen (secondary N) is 1. The first-order valence-corrected chi connectivity index (χ1v) is 6.64. The van der Waals surface area contributed by atoms with Gasteiger partial charge in [-0.15, -0.1) is 0 Å². The highest BCUT2D eigenvalue weighted by Crippen LogP contribution is 2.32. The molecule has 0 aliphatic carbocycles. The largest absolute Gasteiger partial charge is 0.467 e. The normalized spacial score (nSPS) is 28.9. The van der Waals surface area contributed by atoms with Gasteiger partial charge in [0.25, 0.3) is 0 Å². The van der Waals surface area contributed by atoms with Gasteiger partial charge in [-0.2, -0.15) is 0 Å². The maximum atomic E-state index is 12.2. The van der Waals surface area contributed by atoms with Crippen LogP contribution in [0.4, 0.5) is 4.79 Å². The summed E-state index contributed by atoms with van der Waals surface area (Å²) in [5, 5.41) is 2.61. The maximum Gasteiger partial charge on any atom is 0.411 e. The molecule has 0 aromatic heterocycles. The summed E-state index contributed by atoms with van der Waals surface area (Å²) in [5.74, 6) is -0.878. The van der Waals surface area contributed by atoms with Crippen LogP contribution in [0.3, 0.4) is 0 Å². The van der Waals surface area contributed by atoms with E-state index in [1.165, 1.54) is 12.0 Å². The van der Waals surface area contributed by atoms with Crippen LogP contribution < -0.4 is 5.32 Å². The molecule has 2 bridgehead atoms. The van der Waals surface area contributed by atoms with E-state index in [4.69, 9.17) is 4.74 Å². The van der Waals surface area contributed by atoms with Crippen molar-refractivity contribution < 1.29 is 23.9 Å². The lowest BCUT2D eigenvalue weighted by Gasteiger charge is -2.39.